The number of hydrogen-bond donors (Lipinski definition) is 2. The molecule has 0 amide bonds. The van der Waals surface area contributed by atoms with Gasteiger partial charge in [0.15, 0.2) is 0 Å². The van der Waals surface area contributed by atoms with E-state index in [1.54, 1.807) is 11.3 Å². The van der Waals surface area contributed by atoms with Crippen molar-refractivity contribution < 1.29 is 0 Å². The topological polar surface area (TPSA) is 50.9 Å². The zero-order valence-electron chi connectivity index (χ0n) is 11.3. The molecule has 1 aromatic carbocycles. The second-order valence-corrected chi connectivity index (χ2v) is 6.48. The summed E-state index contributed by atoms with van der Waals surface area (Å²) in [5, 5.41) is 1.12. The molecule has 0 bridgehead atoms. The Morgan fingerprint density at radius 3 is 2.63 bits per heavy atom. The van der Waals surface area contributed by atoms with E-state index in [1.807, 2.05) is 0 Å². The number of aryl methyl sites for hydroxylation is 2. The lowest BCUT2D eigenvalue weighted by Crippen LogP contribution is -2.29. The number of nitrogens with zero attached hydrogens (tertiary/aromatic N) is 1. The van der Waals surface area contributed by atoms with Crippen molar-refractivity contribution in [2.45, 2.75) is 32.2 Å². The van der Waals surface area contributed by atoms with E-state index in [9.17, 15) is 0 Å². The molecule has 0 saturated heterocycles. The fraction of sp³-hybridized carbons (Fsp3) is 0.400. The summed E-state index contributed by atoms with van der Waals surface area (Å²) in [5.41, 5.74) is 5.54. The molecule has 19 heavy (non-hydrogen) atoms. The van der Waals surface area contributed by atoms with E-state index in [-0.39, 0.29) is 6.04 Å². The van der Waals surface area contributed by atoms with Crippen molar-refractivity contribution in [3.8, 4) is 0 Å². The van der Waals surface area contributed by atoms with Crippen molar-refractivity contribution in [3.05, 3.63) is 51.5 Å². The van der Waals surface area contributed by atoms with Gasteiger partial charge < -0.3 is 0 Å². The molecule has 3 unspecified atom stereocenters. The second kappa shape index (κ2) is 5.04. The third-order valence-corrected chi connectivity index (χ3v) is 5.05. The first-order valence-electron chi connectivity index (χ1n) is 6.65. The molecule has 4 heteroatoms. The van der Waals surface area contributed by atoms with Crippen molar-refractivity contribution in [2.24, 2.45) is 11.8 Å². The van der Waals surface area contributed by atoms with E-state index in [0.29, 0.717) is 11.8 Å². The van der Waals surface area contributed by atoms with Gasteiger partial charge in [-0.25, -0.2) is 4.98 Å². The summed E-state index contributed by atoms with van der Waals surface area (Å²) in [6.07, 6.45) is 1.20. The van der Waals surface area contributed by atoms with Crippen LogP contribution in [0.5, 0.6) is 0 Å². The predicted octanol–water partition coefficient (Wildman–Crippen LogP) is 3.07. The molecule has 1 saturated carbocycles. The number of nitrogens with two attached hydrogens (primary N) is 1. The molecule has 1 aliphatic rings. The number of nitrogens with one attached hydrogen (secondary N) is 1. The highest BCUT2D eigenvalue weighted by molar-refractivity contribution is 7.11. The Labute approximate surface area is 117 Å². The highest BCUT2D eigenvalue weighted by Crippen LogP contribution is 2.54. The Bertz CT molecular complexity index is 564. The van der Waals surface area contributed by atoms with Gasteiger partial charge in [0.25, 0.3) is 0 Å². The average molecular weight is 273 g/mol. The van der Waals surface area contributed by atoms with Gasteiger partial charge in [-0.3, -0.25) is 11.3 Å². The third-order valence-electron chi connectivity index (χ3n) is 3.90. The molecule has 0 aliphatic heterocycles. The summed E-state index contributed by atoms with van der Waals surface area (Å²) in [6.45, 7) is 4.12. The molecule has 3 atom stereocenters. The van der Waals surface area contributed by atoms with Crippen molar-refractivity contribution in [1.29, 1.82) is 0 Å². The van der Waals surface area contributed by atoms with Crippen LogP contribution in [-0.4, -0.2) is 4.98 Å². The maximum Gasteiger partial charge on any atom is 0.0900 e. The van der Waals surface area contributed by atoms with Crippen LogP contribution in [0.25, 0.3) is 0 Å². The van der Waals surface area contributed by atoms with Crippen LogP contribution in [0, 0.1) is 19.8 Å². The fourth-order valence-corrected chi connectivity index (χ4v) is 3.96. The van der Waals surface area contributed by atoms with Gasteiger partial charge in [0.1, 0.15) is 0 Å². The maximum atomic E-state index is 5.79. The van der Waals surface area contributed by atoms with Gasteiger partial charge in [-0.05, 0) is 37.7 Å². The summed E-state index contributed by atoms with van der Waals surface area (Å²) in [5.74, 6) is 7.01. The lowest BCUT2D eigenvalue weighted by Gasteiger charge is -2.15. The number of aromatic nitrogens is 1. The molecule has 3 rings (SSSR count). The van der Waals surface area contributed by atoms with E-state index in [2.05, 4.69) is 54.6 Å². The van der Waals surface area contributed by atoms with Gasteiger partial charge in [0.2, 0.25) is 0 Å². The Morgan fingerprint density at radius 1 is 1.32 bits per heavy atom. The second-order valence-electron chi connectivity index (χ2n) is 5.24. The number of hydrogen-bond acceptors (Lipinski definition) is 4. The van der Waals surface area contributed by atoms with Gasteiger partial charge in [-0.1, -0.05) is 30.3 Å². The van der Waals surface area contributed by atoms with Gasteiger partial charge >= 0.3 is 0 Å². The van der Waals surface area contributed by atoms with Crippen molar-refractivity contribution in [3.63, 3.8) is 0 Å². The molecule has 2 aromatic rings. The van der Waals surface area contributed by atoms with Gasteiger partial charge in [-0.15, -0.1) is 11.3 Å². The lowest BCUT2D eigenvalue weighted by atomic mass is 10.0. The molecule has 3 nitrogen and oxygen atoms in total. The largest absolute Gasteiger partial charge is 0.271 e. The minimum Gasteiger partial charge on any atom is -0.271 e. The van der Waals surface area contributed by atoms with Crippen LogP contribution in [0.2, 0.25) is 0 Å². The Hall–Kier alpha value is -1.23. The summed E-state index contributed by atoms with van der Waals surface area (Å²) < 4.78 is 0. The van der Waals surface area contributed by atoms with Crippen LogP contribution >= 0.6 is 11.3 Å². The Morgan fingerprint density at radius 2 is 2.05 bits per heavy atom. The first kappa shape index (κ1) is 12.8. The van der Waals surface area contributed by atoms with Crippen molar-refractivity contribution in [1.82, 2.24) is 10.4 Å². The molecule has 3 N–H and O–H groups in total. The molecule has 0 radical (unpaired) electrons. The SMILES string of the molecule is Cc1nc(C)c(C(NN)C2CC2c2ccccc2)s1. The van der Waals surface area contributed by atoms with E-state index in [0.717, 1.165) is 10.7 Å². The fourth-order valence-electron chi connectivity index (χ4n) is 2.90. The van der Waals surface area contributed by atoms with Crippen LogP contribution in [0.3, 0.4) is 0 Å². The maximum absolute atomic E-state index is 5.79. The zero-order chi connectivity index (χ0) is 13.4. The molecule has 100 valence electrons. The minimum atomic E-state index is 0.233. The summed E-state index contributed by atoms with van der Waals surface area (Å²) in [6, 6.07) is 10.9. The smallest absolute Gasteiger partial charge is 0.0900 e. The quantitative estimate of drug-likeness (QED) is 0.665. The molecule has 1 fully saturated rings. The summed E-state index contributed by atoms with van der Waals surface area (Å²) in [4.78, 5) is 5.81. The first-order valence-corrected chi connectivity index (χ1v) is 7.47. The predicted molar refractivity (Wildman–Crippen MR) is 78.9 cm³/mol. The van der Waals surface area contributed by atoms with Crippen molar-refractivity contribution in [2.75, 3.05) is 0 Å². The summed E-state index contributed by atoms with van der Waals surface area (Å²) in [7, 11) is 0. The van der Waals surface area contributed by atoms with E-state index >= 15 is 0 Å². The van der Waals surface area contributed by atoms with Crippen LogP contribution in [0.1, 0.15) is 39.5 Å². The number of rotatable bonds is 4. The van der Waals surface area contributed by atoms with E-state index in [4.69, 9.17) is 5.84 Å². The van der Waals surface area contributed by atoms with Gasteiger partial charge in [0.05, 0.1) is 16.7 Å². The number of thiazole rings is 1. The first-order chi connectivity index (χ1) is 9.20. The minimum absolute atomic E-state index is 0.233. The Kier molecular flexibility index (Phi) is 3.39. The number of benzene rings is 1. The van der Waals surface area contributed by atoms with Crippen LogP contribution in [0.4, 0.5) is 0 Å². The molecule has 1 heterocycles. The zero-order valence-corrected chi connectivity index (χ0v) is 12.1. The molecule has 1 aromatic heterocycles. The normalized spacial score (nSPS) is 23.3. The standard InChI is InChI=1S/C15H19N3S/c1-9-15(19-10(2)17-9)14(18-16)13-8-12(13)11-6-4-3-5-7-11/h3-7,12-14,18H,8,16H2,1-2H3. The number of hydrazine groups is 1. The molecular formula is C15H19N3S. The van der Waals surface area contributed by atoms with Gasteiger partial charge in [-0.2, -0.15) is 0 Å². The average Bonchev–Trinajstić information content (AvgIpc) is 3.12. The van der Waals surface area contributed by atoms with E-state index < -0.39 is 0 Å². The molecule has 1 aliphatic carbocycles. The summed E-state index contributed by atoms with van der Waals surface area (Å²) >= 11 is 1.76. The Balaban J connectivity index is 1.81. The molecular weight excluding hydrogens is 254 g/mol. The lowest BCUT2D eigenvalue weighted by molar-refractivity contribution is 0.492. The van der Waals surface area contributed by atoms with Crippen LogP contribution < -0.4 is 11.3 Å². The van der Waals surface area contributed by atoms with E-state index in [1.165, 1.54) is 16.9 Å². The van der Waals surface area contributed by atoms with Crippen LogP contribution in [0.15, 0.2) is 30.3 Å². The van der Waals surface area contributed by atoms with Gasteiger partial charge in [0, 0.05) is 4.88 Å². The van der Waals surface area contributed by atoms with Crippen LogP contribution in [-0.2, 0) is 0 Å². The highest BCUT2D eigenvalue weighted by Gasteiger charge is 2.45. The van der Waals surface area contributed by atoms with Crippen molar-refractivity contribution >= 4 is 11.3 Å². The molecule has 0 spiro atoms. The monoisotopic (exact) mass is 273 g/mol. The highest BCUT2D eigenvalue weighted by atomic mass is 32.1. The third kappa shape index (κ3) is 2.43.